The summed E-state index contributed by atoms with van der Waals surface area (Å²) in [4.78, 5) is 27.4. The topological polar surface area (TPSA) is 109 Å². The molecule has 1 aromatic rings. The maximum absolute atomic E-state index is 12.1. The minimum absolute atomic E-state index is 0.0557. The van der Waals surface area contributed by atoms with E-state index in [0.29, 0.717) is 12.2 Å². The number of aromatic amines is 1. The summed E-state index contributed by atoms with van der Waals surface area (Å²) in [5, 5.41) is 20.2. The van der Waals surface area contributed by atoms with Gasteiger partial charge in [-0.1, -0.05) is 0 Å². The average Bonchev–Trinajstić information content (AvgIpc) is 2.70. The summed E-state index contributed by atoms with van der Waals surface area (Å²) >= 11 is 0. The Balaban J connectivity index is 2.88. The van der Waals surface area contributed by atoms with E-state index in [9.17, 15) is 9.59 Å². The second-order valence-corrected chi connectivity index (χ2v) is 4.67. The van der Waals surface area contributed by atoms with Crippen molar-refractivity contribution in [2.24, 2.45) is 0 Å². The number of carboxylic acids is 1. The first-order valence-electron chi connectivity index (χ1n) is 6.24. The highest BCUT2D eigenvalue weighted by molar-refractivity contribution is 5.99. The zero-order valence-corrected chi connectivity index (χ0v) is 11.7. The van der Waals surface area contributed by atoms with Gasteiger partial charge < -0.3 is 20.3 Å². The van der Waals surface area contributed by atoms with E-state index < -0.39 is 12.0 Å². The van der Waals surface area contributed by atoms with Crippen LogP contribution in [0.4, 0.5) is 10.5 Å². The third-order valence-electron chi connectivity index (χ3n) is 2.76. The number of anilines is 1. The fourth-order valence-corrected chi connectivity index (χ4v) is 1.81. The molecule has 0 bridgehead atoms. The van der Waals surface area contributed by atoms with Crippen LogP contribution in [0.15, 0.2) is 6.07 Å². The predicted molar refractivity (Wildman–Crippen MR) is 73.6 cm³/mol. The molecule has 0 aliphatic heterocycles. The Hall–Kier alpha value is -2.49. The molecule has 20 heavy (non-hydrogen) atoms. The number of carbonyl (C=O) groups is 2. The second kappa shape index (κ2) is 6.61. The summed E-state index contributed by atoms with van der Waals surface area (Å²) in [5.74, 6) is -1.14. The van der Waals surface area contributed by atoms with E-state index in [1.165, 1.54) is 4.90 Å². The van der Waals surface area contributed by atoms with Gasteiger partial charge in [-0.05, 0) is 26.8 Å². The van der Waals surface area contributed by atoms with Gasteiger partial charge >= 0.3 is 12.0 Å². The van der Waals surface area contributed by atoms with Gasteiger partial charge in [-0.25, -0.2) is 9.59 Å². The van der Waals surface area contributed by atoms with Gasteiger partial charge in [0.2, 0.25) is 0 Å². The van der Waals surface area contributed by atoms with Crippen molar-refractivity contribution in [1.29, 1.82) is 5.26 Å². The molecule has 1 aromatic heterocycles. The Labute approximate surface area is 117 Å². The Morgan fingerprint density at radius 1 is 1.55 bits per heavy atom. The van der Waals surface area contributed by atoms with Gasteiger partial charge in [0, 0.05) is 18.3 Å². The average molecular weight is 278 g/mol. The monoisotopic (exact) mass is 278 g/mol. The number of carbonyl (C=O) groups excluding carboxylic acids is 1. The number of aryl methyl sites for hydroxylation is 1. The number of hydrogen-bond donors (Lipinski definition) is 3. The van der Waals surface area contributed by atoms with Gasteiger partial charge in [0.05, 0.1) is 18.2 Å². The molecule has 0 aliphatic rings. The first-order valence-corrected chi connectivity index (χ1v) is 6.24. The van der Waals surface area contributed by atoms with Crippen LogP contribution in [-0.2, 0) is 0 Å². The van der Waals surface area contributed by atoms with Gasteiger partial charge in [0.15, 0.2) is 0 Å². The number of aromatic nitrogens is 1. The van der Waals surface area contributed by atoms with E-state index in [0.717, 1.165) is 0 Å². The third-order valence-corrected chi connectivity index (χ3v) is 2.76. The first-order chi connectivity index (χ1) is 9.36. The molecule has 0 unspecified atom stereocenters. The van der Waals surface area contributed by atoms with E-state index in [1.807, 2.05) is 19.9 Å². The van der Waals surface area contributed by atoms with E-state index in [-0.39, 0.29) is 23.8 Å². The zero-order chi connectivity index (χ0) is 15.3. The summed E-state index contributed by atoms with van der Waals surface area (Å²) in [6, 6.07) is 3.04. The summed E-state index contributed by atoms with van der Waals surface area (Å²) in [6.45, 7) is 5.67. The first kappa shape index (κ1) is 15.6. The van der Waals surface area contributed by atoms with Gasteiger partial charge in [-0.2, -0.15) is 5.26 Å². The molecule has 0 aliphatic carbocycles. The van der Waals surface area contributed by atoms with Crippen LogP contribution >= 0.6 is 0 Å². The molecular weight excluding hydrogens is 260 g/mol. The van der Waals surface area contributed by atoms with Crippen LogP contribution in [0.1, 0.15) is 36.5 Å². The molecule has 7 nitrogen and oxygen atoms in total. The van der Waals surface area contributed by atoms with Crippen molar-refractivity contribution in [1.82, 2.24) is 9.88 Å². The van der Waals surface area contributed by atoms with Crippen molar-refractivity contribution in [3.63, 3.8) is 0 Å². The lowest BCUT2D eigenvalue weighted by molar-refractivity contribution is 0.0692. The third kappa shape index (κ3) is 3.75. The number of nitrogens with one attached hydrogen (secondary N) is 2. The Kier molecular flexibility index (Phi) is 5.15. The minimum atomic E-state index is -1.14. The highest BCUT2D eigenvalue weighted by Gasteiger charge is 2.20. The fraction of sp³-hybridized carbons (Fsp3) is 0.462. The van der Waals surface area contributed by atoms with Gasteiger partial charge in [0.1, 0.15) is 5.69 Å². The predicted octanol–water partition coefficient (Wildman–Crippen LogP) is 2.18. The van der Waals surface area contributed by atoms with Crippen LogP contribution in [0.2, 0.25) is 0 Å². The molecule has 7 heteroatoms. The van der Waals surface area contributed by atoms with Crippen molar-refractivity contribution in [3.8, 4) is 6.07 Å². The lowest BCUT2D eigenvalue weighted by Crippen LogP contribution is -2.40. The fourth-order valence-electron chi connectivity index (χ4n) is 1.81. The summed E-state index contributed by atoms with van der Waals surface area (Å²) in [5.41, 5.74) is 0.813. The lowest BCUT2D eigenvalue weighted by Gasteiger charge is -2.25. The van der Waals surface area contributed by atoms with E-state index >= 15 is 0 Å². The number of carboxylic acid groups (broad SMARTS) is 1. The Morgan fingerprint density at radius 2 is 2.20 bits per heavy atom. The molecule has 0 aromatic carbocycles. The molecule has 0 saturated carbocycles. The molecular formula is C13H18N4O3. The number of aromatic carboxylic acids is 1. The normalized spacial score (nSPS) is 10.2. The second-order valence-electron chi connectivity index (χ2n) is 4.67. The van der Waals surface area contributed by atoms with E-state index in [1.54, 1.807) is 13.0 Å². The maximum atomic E-state index is 12.1. The largest absolute Gasteiger partial charge is 0.477 e. The molecule has 3 N–H and O–H groups in total. The SMILES string of the molecule is Cc1cc(NC(=O)N(CCC#N)C(C)C)c(C(=O)O)[nH]1. The quantitative estimate of drug-likeness (QED) is 0.766. The molecule has 2 amide bonds. The number of nitrogens with zero attached hydrogens (tertiary/aromatic N) is 2. The van der Waals surface area contributed by atoms with Gasteiger partial charge in [0.25, 0.3) is 0 Å². The van der Waals surface area contributed by atoms with E-state index in [2.05, 4.69) is 10.3 Å². The molecule has 0 spiro atoms. The van der Waals surface area contributed by atoms with Crippen LogP contribution in [0.25, 0.3) is 0 Å². The van der Waals surface area contributed by atoms with Crippen molar-refractivity contribution >= 4 is 17.7 Å². The highest BCUT2D eigenvalue weighted by atomic mass is 16.4. The molecule has 1 heterocycles. The zero-order valence-electron chi connectivity index (χ0n) is 11.7. The van der Waals surface area contributed by atoms with Crippen LogP contribution in [-0.4, -0.2) is 39.6 Å². The number of nitriles is 1. The number of rotatable bonds is 5. The molecule has 1 rings (SSSR count). The Morgan fingerprint density at radius 3 is 2.70 bits per heavy atom. The van der Waals surface area contributed by atoms with Crippen LogP contribution in [0, 0.1) is 18.3 Å². The standard InChI is InChI=1S/C13H18N4O3/c1-8(2)17(6-4-5-14)13(20)16-10-7-9(3)15-11(10)12(18)19/h7-8,15H,4,6H2,1-3H3,(H,16,20)(H,18,19). The van der Waals surface area contributed by atoms with Crippen molar-refractivity contribution in [3.05, 3.63) is 17.5 Å². The van der Waals surface area contributed by atoms with E-state index in [4.69, 9.17) is 10.4 Å². The van der Waals surface area contributed by atoms with Crippen molar-refractivity contribution < 1.29 is 14.7 Å². The molecule has 0 fully saturated rings. The van der Waals surface area contributed by atoms with Crippen LogP contribution < -0.4 is 5.32 Å². The maximum Gasteiger partial charge on any atom is 0.354 e. The van der Waals surface area contributed by atoms with Gasteiger partial charge in [-0.15, -0.1) is 0 Å². The molecule has 0 saturated heterocycles. The highest BCUT2D eigenvalue weighted by Crippen LogP contribution is 2.18. The van der Waals surface area contributed by atoms with Crippen molar-refractivity contribution in [2.75, 3.05) is 11.9 Å². The Bertz CT molecular complexity index is 542. The number of hydrogen-bond acceptors (Lipinski definition) is 3. The minimum Gasteiger partial charge on any atom is -0.477 e. The van der Waals surface area contributed by atoms with Crippen molar-refractivity contribution in [2.45, 2.75) is 33.2 Å². The number of H-pyrrole nitrogens is 1. The summed E-state index contributed by atoms with van der Waals surface area (Å²) in [6.07, 6.45) is 0.226. The molecule has 0 atom stereocenters. The molecule has 108 valence electrons. The summed E-state index contributed by atoms with van der Waals surface area (Å²) < 4.78 is 0. The smallest absolute Gasteiger partial charge is 0.354 e. The van der Waals surface area contributed by atoms with Gasteiger partial charge in [-0.3, -0.25) is 0 Å². The lowest BCUT2D eigenvalue weighted by atomic mass is 10.3. The number of urea groups is 1. The number of amides is 2. The van der Waals surface area contributed by atoms with Crippen LogP contribution in [0.3, 0.4) is 0 Å². The van der Waals surface area contributed by atoms with Crippen LogP contribution in [0.5, 0.6) is 0 Å². The summed E-state index contributed by atoms with van der Waals surface area (Å²) in [7, 11) is 0. The molecule has 0 radical (unpaired) electrons.